The molecular formula is C24H22N4O3. The number of oxazole rings is 1. The molecule has 0 amide bonds. The zero-order valence-corrected chi connectivity index (χ0v) is 17.2. The van der Waals surface area contributed by atoms with E-state index in [9.17, 15) is 10.1 Å². The molecular weight excluding hydrogens is 392 g/mol. The maximum Gasteiger partial charge on any atom is 0.250 e. The topological polar surface area (TPSA) is 84.3 Å². The lowest BCUT2D eigenvalue weighted by molar-refractivity contribution is 0.275. The van der Waals surface area contributed by atoms with Gasteiger partial charge in [0, 0.05) is 49.0 Å². The summed E-state index contributed by atoms with van der Waals surface area (Å²) in [6.45, 7) is 2.12. The largest absolute Gasteiger partial charge is 0.496 e. The smallest absolute Gasteiger partial charge is 0.250 e. The normalized spacial score (nSPS) is 19.8. The van der Waals surface area contributed by atoms with Crippen molar-refractivity contribution in [3.05, 3.63) is 75.7 Å². The van der Waals surface area contributed by atoms with Gasteiger partial charge in [-0.2, -0.15) is 10.2 Å². The van der Waals surface area contributed by atoms with Crippen LogP contribution in [0.1, 0.15) is 35.2 Å². The van der Waals surface area contributed by atoms with Gasteiger partial charge in [0.2, 0.25) is 17.5 Å². The first-order chi connectivity index (χ1) is 15.2. The Morgan fingerprint density at radius 1 is 1.16 bits per heavy atom. The van der Waals surface area contributed by atoms with Crippen LogP contribution in [0, 0.1) is 17.2 Å². The summed E-state index contributed by atoms with van der Waals surface area (Å²) < 4.78 is 13.3. The molecule has 0 unspecified atom stereocenters. The van der Waals surface area contributed by atoms with E-state index in [1.807, 2.05) is 47.0 Å². The monoisotopic (exact) mass is 414 g/mol. The molecule has 0 spiro atoms. The first kappa shape index (κ1) is 19.2. The van der Waals surface area contributed by atoms with Crippen molar-refractivity contribution in [3.63, 3.8) is 0 Å². The van der Waals surface area contributed by atoms with Gasteiger partial charge in [-0.25, -0.2) is 0 Å². The number of pyridine rings is 1. The third-order valence-electron chi connectivity index (χ3n) is 6.04. The summed E-state index contributed by atoms with van der Waals surface area (Å²) in [6, 6.07) is 15.3. The lowest BCUT2D eigenvalue weighted by Crippen LogP contribution is -2.47. The van der Waals surface area contributed by atoms with E-state index in [1.165, 1.54) is 0 Å². The first-order valence-corrected chi connectivity index (χ1v) is 10.3. The zero-order chi connectivity index (χ0) is 21.4. The Bertz CT molecular complexity index is 1250. The molecule has 0 radical (unpaired) electrons. The number of nitriles is 1. The van der Waals surface area contributed by atoms with Crippen molar-refractivity contribution in [2.45, 2.75) is 18.9 Å². The average Bonchev–Trinajstić information content (AvgIpc) is 3.22. The summed E-state index contributed by atoms with van der Waals surface area (Å²) in [6.07, 6.45) is 4.65. The fraction of sp³-hybridized carbons (Fsp3) is 0.292. The lowest BCUT2D eigenvalue weighted by atomic mass is 9.83. The van der Waals surface area contributed by atoms with Crippen LogP contribution in [0.4, 0.5) is 5.88 Å². The van der Waals surface area contributed by atoms with Crippen molar-refractivity contribution in [3.8, 4) is 11.8 Å². The van der Waals surface area contributed by atoms with Crippen molar-refractivity contribution >= 4 is 18.0 Å². The van der Waals surface area contributed by atoms with Gasteiger partial charge in [0.15, 0.2) is 0 Å². The van der Waals surface area contributed by atoms with Gasteiger partial charge in [-0.3, -0.25) is 4.79 Å². The number of fused-ring (bicyclic) bond motifs is 4. The Balaban J connectivity index is 1.43. The Hall–Kier alpha value is -3.79. The van der Waals surface area contributed by atoms with Crippen LogP contribution >= 0.6 is 0 Å². The number of nitrogens with zero attached hydrogens (tertiary/aromatic N) is 4. The Kier molecular flexibility index (Phi) is 4.83. The molecule has 3 aromatic rings. The molecule has 4 heterocycles. The number of para-hydroxylation sites is 1. The van der Waals surface area contributed by atoms with Crippen LogP contribution in [0.3, 0.4) is 0 Å². The van der Waals surface area contributed by atoms with E-state index in [0.717, 1.165) is 30.0 Å². The highest BCUT2D eigenvalue weighted by molar-refractivity contribution is 5.70. The van der Waals surface area contributed by atoms with Crippen molar-refractivity contribution in [2.75, 3.05) is 25.1 Å². The quantitative estimate of drug-likeness (QED) is 0.650. The van der Waals surface area contributed by atoms with Crippen LogP contribution in [0.15, 0.2) is 51.7 Å². The third kappa shape index (κ3) is 3.50. The molecule has 0 N–H and O–H groups in total. The molecule has 0 saturated carbocycles. The number of methoxy groups -OCH3 is 1. The van der Waals surface area contributed by atoms with Crippen LogP contribution in [-0.2, 0) is 6.54 Å². The lowest BCUT2D eigenvalue weighted by Gasteiger charge is -2.42. The maximum atomic E-state index is 12.2. The maximum absolute atomic E-state index is 12.2. The predicted molar refractivity (Wildman–Crippen MR) is 117 cm³/mol. The number of aromatic nitrogens is 2. The number of benzene rings is 1. The summed E-state index contributed by atoms with van der Waals surface area (Å²) in [5, 5.41) is 9.64. The van der Waals surface area contributed by atoms with Gasteiger partial charge in [-0.15, -0.1) is 0 Å². The Labute approximate surface area is 179 Å². The van der Waals surface area contributed by atoms with Crippen molar-refractivity contribution in [2.24, 2.45) is 5.92 Å². The molecule has 31 heavy (non-hydrogen) atoms. The average molecular weight is 414 g/mol. The molecule has 7 nitrogen and oxygen atoms in total. The van der Waals surface area contributed by atoms with Gasteiger partial charge >= 0.3 is 0 Å². The molecule has 2 aliphatic rings. The second kappa shape index (κ2) is 7.80. The minimum atomic E-state index is 0.0572. The summed E-state index contributed by atoms with van der Waals surface area (Å²) in [7, 11) is 1.63. The van der Waals surface area contributed by atoms with E-state index >= 15 is 0 Å². The molecule has 5 rings (SSSR count). The van der Waals surface area contributed by atoms with E-state index in [-0.39, 0.29) is 17.2 Å². The number of hydrogen-bond acceptors (Lipinski definition) is 6. The van der Waals surface area contributed by atoms with E-state index in [0.29, 0.717) is 30.8 Å². The molecule has 1 saturated heterocycles. The Morgan fingerprint density at radius 2 is 2.03 bits per heavy atom. The van der Waals surface area contributed by atoms with Gasteiger partial charge < -0.3 is 18.6 Å². The standard InChI is InChI=1S/C24H22N4O3/c1-30-21-7-3-2-5-17(21)9-10-22-26-19(12-25)24(31-22)27-13-16-11-18(15-27)20-6-4-8-23(29)28(20)14-16/h2-10,16,18H,11,13-15H2,1H3/b10-9+/t16-,18+/m1/s1. The van der Waals surface area contributed by atoms with Crippen LogP contribution < -0.4 is 15.2 Å². The third-order valence-corrected chi connectivity index (χ3v) is 6.04. The molecule has 2 aromatic heterocycles. The highest BCUT2D eigenvalue weighted by Crippen LogP contribution is 2.38. The summed E-state index contributed by atoms with van der Waals surface area (Å²) >= 11 is 0. The molecule has 1 fully saturated rings. The molecule has 7 heteroatoms. The van der Waals surface area contributed by atoms with Crippen molar-refractivity contribution in [1.29, 1.82) is 5.26 Å². The molecule has 2 bridgehead atoms. The van der Waals surface area contributed by atoms with Gasteiger partial charge in [-0.1, -0.05) is 24.3 Å². The Morgan fingerprint density at radius 3 is 2.87 bits per heavy atom. The fourth-order valence-electron chi connectivity index (χ4n) is 4.71. The minimum Gasteiger partial charge on any atom is -0.496 e. The van der Waals surface area contributed by atoms with Crippen LogP contribution in [0.5, 0.6) is 5.75 Å². The van der Waals surface area contributed by atoms with Crippen LogP contribution in [0.25, 0.3) is 12.2 Å². The molecule has 1 aromatic carbocycles. The van der Waals surface area contributed by atoms with Crippen molar-refractivity contribution in [1.82, 2.24) is 9.55 Å². The fourth-order valence-corrected chi connectivity index (χ4v) is 4.71. The molecule has 2 atom stereocenters. The van der Waals surface area contributed by atoms with Crippen LogP contribution in [0.2, 0.25) is 0 Å². The van der Waals surface area contributed by atoms with Crippen molar-refractivity contribution < 1.29 is 9.15 Å². The second-order valence-electron chi connectivity index (χ2n) is 8.00. The van der Waals surface area contributed by atoms with E-state index in [1.54, 1.807) is 19.3 Å². The molecule has 2 aliphatic heterocycles. The van der Waals surface area contributed by atoms with Gasteiger partial charge in [0.1, 0.15) is 11.8 Å². The highest BCUT2D eigenvalue weighted by Gasteiger charge is 2.36. The number of ether oxygens (including phenoxy) is 1. The number of anilines is 1. The predicted octanol–water partition coefficient (Wildman–Crippen LogP) is 3.51. The van der Waals surface area contributed by atoms with E-state index < -0.39 is 0 Å². The molecule has 156 valence electrons. The van der Waals surface area contributed by atoms with E-state index in [4.69, 9.17) is 9.15 Å². The summed E-state index contributed by atoms with van der Waals surface area (Å²) in [5.41, 5.74) is 2.30. The molecule has 0 aliphatic carbocycles. The second-order valence-corrected chi connectivity index (χ2v) is 8.00. The van der Waals surface area contributed by atoms with E-state index in [2.05, 4.69) is 16.0 Å². The number of hydrogen-bond donors (Lipinski definition) is 0. The first-order valence-electron chi connectivity index (χ1n) is 10.3. The highest BCUT2D eigenvalue weighted by atomic mass is 16.5. The number of rotatable bonds is 4. The van der Waals surface area contributed by atoms with Gasteiger partial charge in [-0.05, 0) is 30.5 Å². The van der Waals surface area contributed by atoms with Gasteiger partial charge in [0.05, 0.1) is 7.11 Å². The van der Waals surface area contributed by atoms with Gasteiger partial charge in [0.25, 0.3) is 5.56 Å². The SMILES string of the molecule is COc1ccccc1/C=C/c1nc(C#N)c(N2C[C@H]3C[C@@H](C2)c2cccc(=O)n2C3)o1. The minimum absolute atomic E-state index is 0.0572. The number of piperidine rings is 1. The summed E-state index contributed by atoms with van der Waals surface area (Å²) in [5.74, 6) is 2.19. The zero-order valence-electron chi connectivity index (χ0n) is 17.2. The van der Waals surface area contributed by atoms with Crippen LogP contribution in [-0.4, -0.2) is 29.8 Å². The summed E-state index contributed by atoms with van der Waals surface area (Å²) in [4.78, 5) is 18.7.